The predicted octanol–water partition coefficient (Wildman–Crippen LogP) is 1.97. The molecule has 0 aliphatic carbocycles. The molecule has 5 heteroatoms. The Labute approximate surface area is 117 Å². The van der Waals surface area contributed by atoms with Crippen molar-refractivity contribution in [1.82, 2.24) is 10.4 Å². The molecule has 0 atom stereocenters. The van der Waals surface area contributed by atoms with Crippen LogP contribution in [0.5, 0.6) is 0 Å². The van der Waals surface area contributed by atoms with Crippen LogP contribution in [0.25, 0.3) is 5.70 Å². The highest BCUT2D eigenvalue weighted by atomic mass is 16.7. The SMILES string of the molecule is CC1=C2C(=C(c3ccccc3C)N=CC(=O)N2C)NO1. The number of allylic oxidation sites excluding steroid dienone is 1. The molecule has 3 rings (SSSR count). The fraction of sp³-hybridized carbons (Fsp3) is 0.200. The Kier molecular flexibility index (Phi) is 2.82. The molecule has 1 aromatic carbocycles. The average Bonchev–Trinajstić information content (AvgIpc) is 2.76. The summed E-state index contributed by atoms with van der Waals surface area (Å²) in [6.07, 6.45) is 1.34. The normalized spacial score (nSPS) is 17.9. The number of rotatable bonds is 1. The first-order chi connectivity index (χ1) is 9.59. The molecule has 0 saturated carbocycles. The fourth-order valence-electron chi connectivity index (χ4n) is 2.39. The maximum Gasteiger partial charge on any atom is 0.269 e. The van der Waals surface area contributed by atoms with Gasteiger partial charge < -0.3 is 9.74 Å². The zero-order chi connectivity index (χ0) is 14.3. The van der Waals surface area contributed by atoms with Gasteiger partial charge in [-0.2, -0.15) is 0 Å². The minimum Gasteiger partial charge on any atom is -0.384 e. The summed E-state index contributed by atoms with van der Waals surface area (Å²) in [7, 11) is 1.71. The molecule has 0 aromatic heterocycles. The summed E-state index contributed by atoms with van der Waals surface area (Å²) < 4.78 is 0. The van der Waals surface area contributed by atoms with E-state index in [1.54, 1.807) is 11.9 Å². The molecule has 1 N–H and O–H groups in total. The highest BCUT2D eigenvalue weighted by molar-refractivity contribution is 6.28. The van der Waals surface area contributed by atoms with Crippen molar-refractivity contribution < 1.29 is 9.63 Å². The van der Waals surface area contributed by atoms with Crippen molar-refractivity contribution in [1.29, 1.82) is 0 Å². The van der Waals surface area contributed by atoms with Crippen molar-refractivity contribution in [3.8, 4) is 0 Å². The Hall–Kier alpha value is -2.56. The predicted molar refractivity (Wildman–Crippen MR) is 76.3 cm³/mol. The van der Waals surface area contributed by atoms with Gasteiger partial charge >= 0.3 is 0 Å². The second-order valence-corrected chi connectivity index (χ2v) is 4.80. The molecule has 2 heterocycles. The minimum atomic E-state index is -0.173. The third-order valence-corrected chi connectivity index (χ3v) is 3.48. The Bertz CT molecular complexity index is 686. The fourth-order valence-corrected chi connectivity index (χ4v) is 2.39. The van der Waals surface area contributed by atoms with Crippen molar-refractivity contribution in [2.24, 2.45) is 4.99 Å². The van der Waals surface area contributed by atoms with E-state index in [-0.39, 0.29) is 5.91 Å². The number of likely N-dealkylation sites (N-methyl/N-ethyl adjacent to an activating group) is 1. The van der Waals surface area contributed by atoms with Crippen LogP contribution in [0.15, 0.2) is 46.4 Å². The minimum absolute atomic E-state index is 0.173. The summed E-state index contributed by atoms with van der Waals surface area (Å²) in [5.74, 6) is 0.486. The lowest BCUT2D eigenvalue weighted by atomic mass is 10.0. The van der Waals surface area contributed by atoms with Crippen molar-refractivity contribution in [2.45, 2.75) is 13.8 Å². The van der Waals surface area contributed by atoms with Gasteiger partial charge in [0, 0.05) is 12.6 Å². The van der Waals surface area contributed by atoms with E-state index in [0.29, 0.717) is 11.5 Å². The maximum absolute atomic E-state index is 12.0. The van der Waals surface area contributed by atoms with Crippen LogP contribution in [0.1, 0.15) is 18.1 Å². The molecule has 20 heavy (non-hydrogen) atoms. The van der Waals surface area contributed by atoms with E-state index in [9.17, 15) is 4.79 Å². The Morgan fingerprint density at radius 2 is 2.00 bits per heavy atom. The van der Waals surface area contributed by atoms with E-state index < -0.39 is 0 Å². The van der Waals surface area contributed by atoms with Crippen molar-refractivity contribution in [2.75, 3.05) is 7.05 Å². The number of amides is 1. The molecular formula is C15H15N3O2. The van der Waals surface area contributed by atoms with E-state index in [4.69, 9.17) is 4.84 Å². The number of hydrogen-bond donors (Lipinski definition) is 1. The molecule has 0 fully saturated rings. The van der Waals surface area contributed by atoms with Gasteiger partial charge in [0.1, 0.15) is 11.4 Å². The number of benzene rings is 1. The van der Waals surface area contributed by atoms with Crippen LogP contribution < -0.4 is 5.48 Å². The third kappa shape index (κ3) is 1.79. The number of carbonyl (C=O) groups excluding carboxylic acids is 1. The average molecular weight is 269 g/mol. The van der Waals surface area contributed by atoms with Crippen LogP contribution in [0.3, 0.4) is 0 Å². The van der Waals surface area contributed by atoms with Gasteiger partial charge in [0.2, 0.25) is 0 Å². The smallest absolute Gasteiger partial charge is 0.269 e. The van der Waals surface area contributed by atoms with Crippen LogP contribution in [-0.4, -0.2) is 24.1 Å². The number of aliphatic imine (C=N–C) groups is 1. The largest absolute Gasteiger partial charge is 0.384 e. The molecule has 0 radical (unpaired) electrons. The zero-order valence-corrected chi connectivity index (χ0v) is 11.6. The van der Waals surface area contributed by atoms with Gasteiger partial charge in [0.05, 0.1) is 11.9 Å². The lowest BCUT2D eigenvalue weighted by Gasteiger charge is -2.15. The van der Waals surface area contributed by atoms with Gasteiger partial charge in [0.25, 0.3) is 5.91 Å². The van der Waals surface area contributed by atoms with Crippen molar-refractivity contribution in [3.63, 3.8) is 0 Å². The van der Waals surface area contributed by atoms with Crippen molar-refractivity contribution >= 4 is 17.8 Å². The summed E-state index contributed by atoms with van der Waals surface area (Å²) in [6, 6.07) is 7.93. The molecular weight excluding hydrogens is 254 g/mol. The zero-order valence-electron chi connectivity index (χ0n) is 11.6. The molecule has 102 valence electrons. The first-order valence-electron chi connectivity index (χ1n) is 6.35. The molecule has 1 amide bonds. The summed E-state index contributed by atoms with van der Waals surface area (Å²) in [5.41, 5.74) is 7.11. The van der Waals surface area contributed by atoms with E-state index in [0.717, 1.165) is 22.5 Å². The number of nitrogens with zero attached hydrogens (tertiary/aromatic N) is 2. The van der Waals surface area contributed by atoms with E-state index >= 15 is 0 Å². The van der Waals surface area contributed by atoms with Crippen LogP contribution in [0, 0.1) is 6.92 Å². The number of hydroxylamine groups is 1. The van der Waals surface area contributed by atoms with Gasteiger partial charge in [-0.15, -0.1) is 0 Å². The Morgan fingerprint density at radius 1 is 1.25 bits per heavy atom. The molecule has 2 aliphatic heterocycles. The molecule has 0 spiro atoms. The molecule has 0 saturated heterocycles. The van der Waals surface area contributed by atoms with Gasteiger partial charge in [-0.05, 0) is 19.4 Å². The topological polar surface area (TPSA) is 53.9 Å². The van der Waals surface area contributed by atoms with Crippen LogP contribution in [-0.2, 0) is 9.63 Å². The summed E-state index contributed by atoms with van der Waals surface area (Å²) in [6.45, 7) is 3.83. The number of fused-ring (bicyclic) bond motifs is 1. The monoisotopic (exact) mass is 269 g/mol. The van der Waals surface area contributed by atoms with Gasteiger partial charge in [-0.1, -0.05) is 24.3 Å². The molecule has 0 bridgehead atoms. The van der Waals surface area contributed by atoms with Crippen LogP contribution >= 0.6 is 0 Å². The molecule has 2 aliphatic rings. The van der Waals surface area contributed by atoms with Gasteiger partial charge in [-0.25, -0.2) is 10.5 Å². The van der Waals surface area contributed by atoms with E-state index in [1.165, 1.54) is 6.21 Å². The number of aryl methyl sites for hydroxylation is 1. The highest BCUT2D eigenvalue weighted by Gasteiger charge is 2.31. The van der Waals surface area contributed by atoms with E-state index in [1.807, 2.05) is 38.1 Å². The number of nitrogens with one attached hydrogen (secondary N) is 1. The lowest BCUT2D eigenvalue weighted by Crippen LogP contribution is -2.27. The van der Waals surface area contributed by atoms with Gasteiger partial charge in [0.15, 0.2) is 5.76 Å². The van der Waals surface area contributed by atoms with Crippen LogP contribution in [0.2, 0.25) is 0 Å². The highest BCUT2D eigenvalue weighted by Crippen LogP contribution is 2.33. The molecule has 0 unspecified atom stereocenters. The molecule has 5 nitrogen and oxygen atoms in total. The Balaban J connectivity index is 2.26. The first kappa shape index (κ1) is 12.5. The standard InChI is InChI=1S/C15H15N3O2/c1-9-6-4-5-7-11(9)13-14-15(10(2)20-17-14)18(3)12(19)8-16-13/h4-8,17H,1-3H3. The number of carbonyl (C=O) groups is 1. The summed E-state index contributed by atoms with van der Waals surface area (Å²) in [5, 5.41) is 0. The third-order valence-electron chi connectivity index (χ3n) is 3.48. The van der Waals surface area contributed by atoms with Crippen LogP contribution in [0.4, 0.5) is 0 Å². The van der Waals surface area contributed by atoms with Crippen molar-refractivity contribution in [3.05, 3.63) is 52.5 Å². The number of hydrogen-bond acceptors (Lipinski definition) is 4. The lowest BCUT2D eigenvalue weighted by molar-refractivity contribution is -0.120. The summed E-state index contributed by atoms with van der Waals surface area (Å²) in [4.78, 5) is 23.3. The first-order valence-corrected chi connectivity index (χ1v) is 6.35. The second kappa shape index (κ2) is 4.52. The van der Waals surface area contributed by atoms with E-state index in [2.05, 4.69) is 10.5 Å². The van der Waals surface area contributed by atoms with Gasteiger partial charge in [-0.3, -0.25) is 4.79 Å². The summed E-state index contributed by atoms with van der Waals surface area (Å²) >= 11 is 0. The second-order valence-electron chi connectivity index (χ2n) is 4.80. The Morgan fingerprint density at radius 3 is 2.75 bits per heavy atom. The quantitative estimate of drug-likeness (QED) is 0.848. The molecule has 1 aromatic rings. The maximum atomic E-state index is 12.0.